The summed E-state index contributed by atoms with van der Waals surface area (Å²) in [4.78, 5) is 0. The number of rotatable bonds is 0. The lowest BCUT2D eigenvalue weighted by molar-refractivity contribution is 0.388. The third-order valence-electron chi connectivity index (χ3n) is 3.64. The van der Waals surface area contributed by atoms with Gasteiger partial charge < -0.3 is 5.73 Å². The van der Waals surface area contributed by atoms with Crippen molar-refractivity contribution in [3.05, 3.63) is 36.1 Å². The Labute approximate surface area is 72.6 Å². The topological polar surface area (TPSA) is 26.0 Å². The summed E-state index contributed by atoms with van der Waals surface area (Å²) in [6.45, 7) is 0. The van der Waals surface area contributed by atoms with Crippen LogP contribution >= 0.6 is 0 Å². The monoisotopic (exact) mass is 159 g/mol. The molecule has 3 aliphatic carbocycles. The van der Waals surface area contributed by atoms with Gasteiger partial charge in [0.05, 0.1) is 0 Å². The lowest BCUT2D eigenvalue weighted by atomic mass is 9.73. The Morgan fingerprint density at radius 3 is 3.08 bits per heavy atom. The summed E-state index contributed by atoms with van der Waals surface area (Å²) in [6, 6.07) is 0. The van der Waals surface area contributed by atoms with Crippen LogP contribution in [-0.2, 0) is 0 Å². The Hall–Kier alpha value is -0.980. The van der Waals surface area contributed by atoms with Gasteiger partial charge in [-0.2, -0.15) is 0 Å². The average Bonchev–Trinajstić information content (AvgIpc) is 2.61. The number of hydrogen-bond donors (Lipinski definition) is 1. The van der Waals surface area contributed by atoms with Gasteiger partial charge in [-0.3, -0.25) is 0 Å². The predicted octanol–water partition coefficient (Wildman–Crippen LogP) is 1.98. The molecule has 0 aromatic carbocycles. The van der Waals surface area contributed by atoms with Crippen molar-refractivity contribution in [3.8, 4) is 0 Å². The molecule has 1 saturated carbocycles. The highest BCUT2D eigenvalue weighted by Gasteiger charge is 2.49. The molecular weight excluding hydrogens is 146 g/mol. The third kappa shape index (κ3) is 0.566. The van der Waals surface area contributed by atoms with E-state index in [2.05, 4.69) is 30.4 Å². The summed E-state index contributed by atoms with van der Waals surface area (Å²) in [6.07, 6.45) is 13.7. The molecule has 0 radical (unpaired) electrons. The molecule has 3 rings (SSSR count). The molecule has 3 aliphatic rings. The van der Waals surface area contributed by atoms with Crippen molar-refractivity contribution in [2.45, 2.75) is 12.8 Å². The molecule has 2 N–H and O–H groups in total. The first-order valence-electron chi connectivity index (χ1n) is 4.65. The quantitative estimate of drug-likeness (QED) is 0.537. The number of nitrogens with two attached hydrogens (primary N) is 1. The van der Waals surface area contributed by atoms with Crippen LogP contribution in [0.5, 0.6) is 0 Å². The van der Waals surface area contributed by atoms with E-state index < -0.39 is 0 Å². The van der Waals surface area contributed by atoms with Gasteiger partial charge in [0.15, 0.2) is 0 Å². The van der Waals surface area contributed by atoms with Crippen LogP contribution in [0.1, 0.15) is 12.8 Å². The molecule has 0 saturated heterocycles. The second-order valence-electron chi connectivity index (χ2n) is 4.21. The van der Waals surface area contributed by atoms with E-state index in [-0.39, 0.29) is 5.41 Å². The summed E-state index contributed by atoms with van der Waals surface area (Å²) >= 11 is 0. The van der Waals surface area contributed by atoms with E-state index in [1.54, 1.807) is 0 Å². The molecule has 0 aromatic heterocycles. The standard InChI is InChI=1S/C11H13N/c12-10-3-1-2-9-6-8-4-5-11(9,10)7-8/h1-5,8-9H,6-7,12H2. The van der Waals surface area contributed by atoms with E-state index in [0.29, 0.717) is 5.92 Å². The Balaban J connectivity index is 2.16. The first-order chi connectivity index (χ1) is 5.81. The third-order valence-corrected chi connectivity index (χ3v) is 3.64. The minimum absolute atomic E-state index is 0.236. The van der Waals surface area contributed by atoms with Gasteiger partial charge in [0.25, 0.3) is 0 Å². The first kappa shape index (κ1) is 6.53. The molecule has 0 aliphatic heterocycles. The van der Waals surface area contributed by atoms with Crippen LogP contribution in [0.3, 0.4) is 0 Å². The van der Waals surface area contributed by atoms with Gasteiger partial charge in [0.1, 0.15) is 0 Å². The van der Waals surface area contributed by atoms with E-state index in [1.807, 2.05) is 0 Å². The van der Waals surface area contributed by atoms with Crippen LogP contribution < -0.4 is 5.73 Å². The molecule has 1 spiro atoms. The van der Waals surface area contributed by atoms with Crippen LogP contribution in [0.2, 0.25) is 0 Å². The second kappa shape index (κ2) is 1.85. The maximum atomic E-state index is 6.05. The molecule has 0 heterocycles. The number of hydrogen-bond acceptors (Lipinski definition) is 1. The zero-order valence-corrected chi connectivity index (χ0v) is 7.03. The Morgan fingerprint density at radius 1 is 1.42 bits per heavy atom. The average molecular weight is 159 g/mol. The molecule has 2 bridgehead atoms. The highest BCUT2D eigenvalue weighted by Crippen LogP contribution is 2.57. The van der Waals surface area contributed by atoms with E-state index in [0.717, 1.165) is 11.6 Å². The van der Waals surface area contributed by atoms with Crippen molar-refractivity contribution in [1.82, 2.24) is 0 Å². The zero-order chi connectivity index (χ0) is 8.18. The van der Waals surface area contributed by atoms with Crippen LogP contribution in [0.15, 0.2) is 36.1 Å². The minimum atomic E-state index is 0.236. The zero-order valence-electron chi connectivity index (χ0n) is 7.03. The fraction of sp³-hybridized carbons (Fsp3) is 0.455. The van der Waals surface area contributed by atoms with Gasteiger partial charge in [-0.1, -0.05) is 24.3 Å². The summed E-state index contributed by atoms with van der Waals surface area (Å²) in [5.74, 6) is 1.49. The number of allylic oxidation sites excluding steroid dienone is 5. The van der Waals surface area contributed by atoms with Crippen molar-refractivity contribution in [2.24, 2.45) is 23.0 Å². The van der Waals surface area contributed by atoms with Gasteiger partial charge >= 0.3 is 0 Å². The van der Waals surface area contributed by atoms with Crippen LogP contribution in [0.25, 0.3) is 0 Å². The number of fused-ring (bicyclic) bond motifs is 1. The van der Waals surface area contributed by atoms with Crippen LogP contribution in [0.4, 0.5) is 0 Å². The van der Waals surface area contributed by atoms with Crippen LogP contribution in [-0.4, -0.2) is 0 Å². The van der Waals surface area contributed by atoms with Gasteiger partial charge in [-0.25, -0.2) is 0 Å². The normalized spacial score (nSPS) is 47.8. The van der Waals surface area contributed by atoms with Gasteiger partial charge in [0.2, 0.25) is 0 Å². The van der Waals surface area contributed by atoms with E-state index in [4.69, 9.17) is 5.73 Å². The highest BCUT2D eigenvalue weighted by molar-refractivity contribution is 5.38. The molecule has 12 heavy (non-hydrogen) atoms. The molecule has 1 fully saturated rings. The SMILES string of the molecule is NC1=CC=CC2CC3C=CC12C3. The van der Waals surface area contributed by atoms with Crippen molar-refractivity contribution in [3.63, 3.8) is 0 Å². The van der Waals surface area contributed by atoms with E-state index in [1.165, 1.54) is 12.8 Å². The maximum Gasteiger partial charge on any atom is 0.0346 e. The molecule has 3 atom stereocenters. The van der Waals surface area contributed by atoms with Gasteiger partial charge in [-0.15, -0.1) is 0 Å². The fourth-order valence-electron chi connectivity index (χ4n) is 2.98. The van der Waals surface area contributed by atoms with E-state index in [9.17, 15) is 0 Å². The van der Waals surface area contributed by atoms with Crippen molar-refractivity contribution >= 4 is 0 Å². The molecule has 1 nitrogen and oxygen atoms in total. The maximum absolute atomic E-state index is 6.05. The summed E-state index contributed by atoms with van der Waals surface area (Å²) < 4.78 is 0. The van der Waals surface area contributed by atoms with Crippen LogP contribution in [0, 0.1) is 17.3 Å². The Morgan fingerprint density at radius 2 is 2.33 bits per heavy atom. The molecule has 1 heteroatoms. The highest BCUT2D eigenvalue weighted by atomic mass is 14.7. The molecule has 0 amide bonds. The van der Waals surface area contributed by atoms with Gasteiger partial charge in [0, 0.05) is 11.1 Å². The van der Waals surface area contributed by atoms with Crippen molar-refractivity contribution < 1.29 is 0 Å². The largest absolute Gasteiger partial charge is 0.401 e. The smallest absolute Gasteiger partial charge is 0.0346 e. The summed E-state index contributed by atoms with van der Waals surface area (Å²) in [5, 5.41) is 0. The first-order valence-corrected chi connectivity index (χ1v) is 4.65. The summed E-state index contributed by atoms with van der Waals surface area (Å²) in [5.41, 5.74) is 7.36. The minimum Gasteiger partial charge on any atom is -0.401 e. The molecule has 3 unspecified atom stereocenters. The molecule has 0 aromatic rings. The van der Waals surface area contributed by atoms with E-state index >= 15 is 0 Å². The van der Waals surface area contributed by atoms with Gasteiger partial charge in [-0.05, 0) is 30.8 Å². The van der Waals surface area contributed by atoms with Crippen molar-refractivity contribution in [1.29, 1.82) is 0 Å². The Bertz CT molecular complexity index is 311. The Kier molecular flexibility index (Phi) is 1.00. The second-order valence-corrected chi connectivity index (χ2v) is 4.21. The summed E-state index contributed by atoms with van der Waals surface area (Å²) in [7, 11) is 0. The fourth-order valence-corrected chi connectivity index (χ4v) is 2.98. The lowest BCUT2D eigenvalue weighted by Crippen LogP contribution is -2.30. The lowest BCUT2D eigenvalue weighted by Gasteiger charge is -2.33. The molecular formula is C11H13N. The molecule has 62 valence electrons. The predicted molar refractivity (Wildman–Crippen MR) is 49.2 cm³/mol. The van der Waals surface area contributed by atoms with Crippen molar-refractivity contribution in [2.75, 3.05) is 0 Å².